The van der Waals surface area contributed by atoms with Crippen LogP contribution in [0.25, 0.3) is 0 Å². The van der Waals surface area contributed by atoms with Crippen LogP contribution >= 0.6 is 11.3 Å². The summed E-state index contributed by atoms with van der Waals surface area (Å²) in [6.07, 6.45) is 2.87. The third kappa shape index (κ3) is 3.10. The quantitative estimate of drug-likeness (QED) is 0.512. The molecular weight excluding hydrogens is 446 g/mol. The molecule has 2 aliphatic heterocycles. The van der Waals surface area contributed by atoms with Crippen LogP contribution in [0, 0.1) is 24.2 Å². The monoisotopic (exact) mass is 469 g/mol. The van der Waals surface area contributed by atoms with Gasteiger partial charge in [0.25, 0.3) is 5.91 Å². The maximum absolute atomic E-state index is 13.9. The Hall–Kier alpha value is -3.47. The molecule has 0 bridgehead atoms. The fraction of sp³-hybridized carbons (Fsp3) is 0.296. The minimum atomic E-state index is -0.926. The molecule has 6 nitrogen and oxygen atoms in total. The van der Waals surface area contributed by atoms with Gasteiger partial charge >= 0.3 is 0 Å². The van der Waals surface area contributed by atoms with Crippen LogP contribution < -0.4 is 9.96 Å². The maximum Gasteiger partial charge on any atom is 0.267 e. The zero-order valence-corrected chi connectivity index (χ0v) is 19.5. The van der Waals surface area contributed by atoms with Crippen molar-refractivity contribution < 1.29 is 14.4 Å². The van der Waals surface area contributed by atoms with Gasteiger partial charge in [0.2, 0.25) is 5.91 Å². The van der Waals surface area contributed by atoms with Gasteiger partial charge in [0.05, 0.1) is 17.3 Å². The number of benzene rings is 2. The third-order valence-electron chi connectivity index (χ3n) is 7.01. The van der Waals surface area contributed by atoms with Gasteiger partial charge in [-0.25, -0.2) is 9.96 Å². The Morgan fingerprint density at radius 2 is 1.74 bits per heavy atom. The number of nitriles is 1. The van der Waals surface area contributed by atoms with E-state index in [0.29, 0.717) is 10.6 Å². The lowest BCUT2D eigenvalue weighted by molar-refractivity contribution is -0.126. The van der Waals surface area contributed by atoms with Gasteiger partial charge in [0.15, 0.2) is 6.10 Å². The van der Waals surface area contributed by atoms with E-state index in [1.54, 1.807) is 5.06 Å². The highest BCUT2D eigenvalue weighted by molar-refractivity contribution is 7.17. The lowest BCUT2D eigenvalue weighted by Gasteiger charge is -2.28. The Labute approximate surface area is 201 Å². The number of carbonyl (C=O) groups excluding carboxylic acids is 2. The SMILES string of the molecule is Cc1ccc([C@H]2[C@@H]3C(=O)N(c4sc5c(c4C#N)CCCC5)C(=O)[C@H]3ON2c2ccccc2)cc1. The largest absolute Gasteiger partial charge is 0.273 e. The molecule has 0 unspecified atom stereocenters. The lowest BCUT2D eigenvalue weighted by Crippen LogP contribution is -2.37. The molecule has 2 fully saturated rings. The molecular formula is C27H23N3O3S. The first-order valence-corrected chi connectivity index (χ1v) is 12.4. The number of amides is 2. The Bertz CT molecular complexity index is 1330. The summed E-state index contributed by atoms with van der Waals surface area (Å²) in [6.45, 7) is 2.01. The second kappa shape index (κ2) is 8.08. The Morgan fingerprint density at radius 1 is 1.00 bits per heavy atom. The topological polar surface area (TPSA) is 73.6 Å². The molecule has 7 heteroatoms. The van der Waals surface area contributed by atoms with Crippen LogP contribution in [0.15, 0.2) is 54.6 Å². The summed E-state index contributed by atoms with van der Waals surface area (Å²) in [5, 5.41) is 12.1. The van der Waals surface area contributed by atoms with Crippen molar-refractivity contribution in [2.75, 3.05) is 9.96 Å². The molecule has 170 valence electrons. The molecule has 2 amide bonds. The maximum atomic E-state index is 13.9. The van der Waals surface area contributed by atoms with Gasteiger partial charge in [-0.1, -0.05) is 48.0 Å². The van der Waals surface area contributed by atoms with Crippen molar-refractivity contribution in [1.29, 1.82) is 5.26 Å². The number of rotatable bonds is 3. The minimum Gasteiger partial charge on any atom is -0.273 e. The van der Waals surface area contributed by atoms with Crippen molar-refractivity contribution in [2.45, 2.75) is 44.8 Å². The molecule has 0 N–H and O–H groups in total. The van der Waals surface area contributed by atoms with Crippen LogP contribution in [0.4, 0.5) is 10.7 Å². The smallest absolute Gasteiger partial charge is 0.267 e. The second-order valence-corrected chi connectivity index (χ2v) is 10.2. The highest BCUT2D eigenvalue weighted by Gasteiger charge is 2.61. The molecule has 0 radical (unpaired) electrons. The highest BCUT2D eigenvalue weighted by Crippen LogP contribution is 2.50. The van der Waals surface area contributed by atoms with Crippen molar-refractivity contribution in [3.63, 3.8) is 0 Å². The number of fused-ring (bicyclic) bond motifs is 2. The first kappa shape index (κ1) is 21.1. The van der Waals surface area contributed by atoms with Crippen molar-refractivity contribution >= 4 is 33.8 Å². The average Bonchev–Trinajstić information content (AvgIpc) is 3.50. The van der Waals surface area contributed by atoms with Gasteiger partial charge in [-0.3, -0.25) is 14.4 Å². The van der Waals surface area contributed by atoms with Crippen molar-refractivity contribution in [1.82, 2.24) is 0 Å². The van der Waals surface area contributed by atoms with Crippen LogP contribution in [0.2, 0.25) is 0 Å². The first-order valence-electron chi connectivity index (χ1n) is 11.6. The van der Waals surface area contributed by atoms with Gasteiger partial charge < -0.3 is 0 Å². The molecule has 0 saturated carbocycles. The second-order valence-electron chi connectivity index (χ2n) is 9.08. The van der Waals surface area contributed by atoms with Crippen LogP contribution in [0.1, 0.15) is 46.0 Å². The number of carbonyl (C=O) groups is 2. The van der Waals surface area contributed by atoms with Gasteiger partial charge in [-0.05, 0) is 55.9 Å². The number of hydroxylamine groups is 1. The molecule has 0 spiro atoms. The third-order valence-corrected chi connectivity index (χ3v) is 8.29. The van der Waals surface area contributed by atoms with E-state index in [9.17, 15) is 14.9 Å². The molecule has 34 heavy (non-hydrogen) atoms. The first-order chi connectivity index (χ1) is 16.6. The minimum absolute atomic E-state index is 0.297. The number of anilines is 2. The van der Waals surface area contributed by atoms with Gasteiger partial charge in [0.1, 0.15) is 17.0 Å². The summed E-state index contributed by atoms with van der Waals surface area (Å²) >= 11 is 1.42. The van der Waals surface area contributed by atoms with Crippen molar-refractivity contribution in [2.24, 2.45) is 5.92 Å². The van der Waals surface area contributed by atoms with E-state index in [1.165, 1.54) is 16.2 Å². The predicted molar refractivity (Wildman–Crippen MR) is 129 cm³/mol. The molecule has 3 aromatic rings. The van der Waals surface area contributed by atoms with Crippen LogP contribution in [-0.4, -0.2) is 17.9 Å². The van der Waals surface area contributed by atoms with E-state index in [0.717, 1.165) is 52.9 Å². The molecule has 6 rings (SSSR count). The number of aryl methyl sites for hydroxylation is 2. The molecule has 2 saturated heterocycles. The zero-order chi connectivity index (χ0) is 23.4. The Morgan fingerprint density at radius 3 is 2.47 bits per heavy atom. The number of para-hydroxylation sites is 1. The van der Waals surface area contributed by atoms with E-state index >= 15 is 0 Å². The normalized spacial score (nSPS) is 23.7. The van der Waals surface area contributed by atoms with Gasteiger partial charge in [-0.2, -0.15) is 5.26 Å². The van der Waals surface area contributed by atoms with E-state index in [1.807, 2.05) is 61.5 Å². The Kier molecular flexibility index (Phi) is 5.01. The summed E-state index contributed by atoms with van der Waals surface area (Å²) < 4.78 is 0. The number of hydrogen-bond acceptors (Lipinski definition) is 6. The molecule has 2 aromatic carbocycles. The molecule has 1 aromatic heterocycles. The van der Waals surface area contributed by atoms with E-state index in [2.05, 4.69) is 6.07 Å². The standard InChI is InChI=1S/C27H23N3O3S/c1-16-11-13-17(14-12-16)23-22-24(33-30(23)18-7-3-2-4-8-18)26(32)29(25(22)31)27-20(15-28)19-9-5-6-10-21(19)34-27/h2-4,7-8,11-14,22-24H,5-6,9-10H2,1H3/t22-,23-,24-/m0/s1. The molecule has 1 aliphatic carbocycles. The molecule has 3 atom stereocenters. The van der Waals surface area contributed by atoms with Gasteiger partial charge in [0, 0.05) is 4.88 Å². The molecule has 3 heterocycles. The summed E-state index contributed by atoms with van der Waals surface area (Å²) in [5.41, 5.74) is 4.31. The summed E-state index contributed by atoms with van der Waals surface area (Å²) in [4.78, 5) is 36.1. The van der Waals surface area contributed by atoms with Crippen LogP contribution in [-0.2, 0) is 27.3 Å². The number of nitrogens with zero attached hydrogens (tertiary/aromatic N) is 3. The predicted octanol–water partition coefficient (Wildman–Crippen LogP) is 4.86. The van der Waals surface area contributed by atoms with Gasteiger partial charge in [-0.15, -0.1) is 11.3 Å². The Balaban J connectivity index is 1.44. The summed E-state index contributed by atoms with van der Waals surface area (Å²) in [6, 6.07) is 19.4. The summed E-state index contributed by atoms with van der Waals surface area (Å²) in [7, 11) is 0. The number of hydrogen-bond donors (Lipinski definition) is 0. The highest BCUT2D eigenvalue weighted by atomic mass is 32.1. The van der Waals surface area contributed by atoms with Crippen LogP contribution in [0.5, 0.6) is 0 Å². The van der Waals surface area contributed by atoms with Crippen LogP contribution in [0.3, 0.4) is 0 Å². The fourth-order valence-corrected chi connectivity index (χ4v) is 6.69. The zero-order valence-electron chi connectivity index (χ0n) is 18.7. The molecule has 3 aliphatic rings. The number of thiophene rings is 1. The van der Waals surface area contributed by atoms with Crippen molar-refractivity contribution in [3.8, 4) is 6.07 Å². The lowest BCUT2D eigenvalue weighted by atomic mass is 9.90. The van der Waals surface area contributed by atoms with E-state index in [-0.39, 0.29) is 11.8 Å². The average molecular weight is 470 g/mol. The van der Waals surface area contributed by atoms with Crippen molar-refractivity contribution in [3.05, 3.63) is 81.7 Å². The van der Waals surface area contributed by atoms with E-state index in [4.69, 9.17) is 4.84 Å². The fourth-order valence-electron chi connectivity index (χ4n) is 5.34. The number of imide groups is 1. The van der Waals surface area contributed by atoms with E-state index < -0.39 is 18.1 Å². The summed E-state index contributed by atoms with van der Waals surface area (Å²) in [5.74, 6) is -1.38.